The van der Waals surface area contributed by atoms with Gasteiger partial charge in [-0.15, -0.1) is 11.3 Å². The second-order valence-corrected chi connectivity index (χ2v) is 10.1. The van der Waals surface area contributed by atoms with E-state index in [1.807, 2.05) is 17.5 Å². The van der Waals surface area contributed by atoms with Gasteiger partial charge in [-0.1, -0.05) is 17.3 Å². The zero-order chi connectivity index (χ0) is 21.8. The predicted octanol–water partition coefficient (Wildman–Crippen LogP) is 3.65. The number of amides is 1. The fraction of sp³-hybridized carbons (Fsp3) is 0.286. The SMILES string of the molecule is Cc1noc(C=Cc2cccs2)c1S(=O)(=O)N1CCCC(C(=O)Nc2ccccn2)C1. The van der Waals surface area contributed by atoms with Crippen LogP contribution in [0.15, 0.2) is 51.3 Å². The van der Waals surface area contributed by atoms with Gasteiger partial charge in [-0.25, -0.2) is 13.4 Å². The van der Waals surface area contributed by atoms with Crippen LogP contribution in [0.4, 0.5) is 5.82 Å². The lowest BCUT2D eigenvalue weighted by molar-refractivity contribution is -0.120. The standard InChI is InChI=1S/C21H22N4O4S2/c1-15-20(18(29-24-15)10-9-17-7-5-13-30-17)31(27,28)25-12-4-6-16(14-25)21(26)23-19-8-2-3-11-22-19/h2-3,5,7-11,13,16H,4,6,12,14H2,1H3,(H,22,23,26). The number of carbonyl (C=O) groups is 1. The van der Waals surface area contributed by atoms with Crippen molar-refractivity contribution in [1.82, 2.24) is 14.4 Å². The van der Waals surface area contributed by atoms with E-state index in [9.17, 15) is 13.2 Å². The number of piperidine rings is 1. The lowest BCUT2D eigenvalue weighted by Gasteiger charge is -2.31. The number of carbonyl (C=O) groups excluding carboxylic acids is 1. The molecule has 31 heavy (non-hydrogen) atoms. The van der Waals surface area contributed by atoms with Crippen LogP contribution in [-0.4, -0.2) is 41.9 Å². The molecule has 8 nitrogen and oxygen atoms in total. The maximum absolute atomic E-state index is 13.4. The average Bonchev–Trinajstić information content (AvgIpc) is 3.42. The van der Waals surface area contributed by atoms with E-state index in [4.69, 9.17) is 4.52 Å². The van der Waals surface area contributed by atoms with E-state index in [1.54, 1.807) is 43.5 Å². The summed E-state index contributed by atoms with van der Waals surface area (Å²) in [5.74, 6) is -0.0661. The molecule has 1 atom stereocenters. The van der Waals surface area contributed by atoms with Gasteiger partial charge in [0.05, 0.1) is 5.92 Å². The third-order valence-corrected chi connectivity index (χ3v) is 7.91. The largest absolute Gasteiger partial charge is 0.355 e. The quantitative estimate of drug-likeness (QED) is 0.604. The summed E-state index contributed by atoms with van der Waals surface area (Å²) in [7, 11) is -3.88. The summed E-state index contributed by atoms with van der Waals surface area (Å²) in [4.78, 5) is 17.8. The third-order valence-electron chi connectivity index (χ3n) is 5.04. The maximum Gasteiger partial charge on any atom is 0.248 e. The van der Waals surface area contributed by atoms with E-state index in [0.717, 1.165) is 4.88 Å². The molecule has 1 saturated heterocycles. The van der Waals surface area contributed by atoms with Crippen molar-refractivity contribution in [1.29, 1.82) is 0 Å². The number of pyridine rings is 1. The Labute approximate surface area is 184 Å². The maximum atomic E-state index is 13.4. The number of nitrogens with one attached hydrogen (secondary N) is 1. The van der Waals surface area contributed by atoms with Crippen molar-refractivity contribution < 1.29 is 17.7 Å². The van der Waals surface area contributed by atoms with Gasteiger partial charge in [-0.3, -0.25) is 4.79 Å². The van der Waals surface area contributed by atoms with Gasteiger partial charge in [0.15, 0.2) is 10.7 Å². The number of anilines is 1. The average molecular weight is 459 g/mol. The van der Waals surface area contributed by atoms with Crippen molar-refractivity contribution in [2.45, 2.75) is 24.7 Å². The minimum absolute atomic E-state index is 0.0473. The smallest absolute Gasteiger partial charge is 0.248 e. The van der Waals surface area contributed by atoms with Crippen LogP contribution >= 0.6 is 11.3 Å². The van der Waals surface area contributed by atoms with Crippen LogP contribution in [0, 0.1) is 12.8 Å². The minimum Gasteiger partial charge on any atom is -0.355 e. The molecule has 1 aliphatic rings. The summed E-state index contributed by atoms with van der Waals surface area (Å²) >= 11 is 1.54. The molecule has 1 unspecified atom stereocenters. The van der Waals surface area contributed by atoms with Gasteiger partial charge in [0, 0.05) is 24.2 Å². The molecule has 10 heteroatoms. The summed E-state index contributed by atoms with van der Waals surface area (Å²) in [5, 5.41) is 8.57. The van der Waals surface area contributed by atoms with E-state index in [-0.39, 0.29) is 23.1 Å². The first-order chi connectivity index (χ1) is 14.9. The predicted molar refractivity (Wildman–Crippen MR) is 119 cm³/mol. The second kappa shape index (κ2) is 9.13. The van der Waals surface area contributed by atoms with Crippen LogP contribution in [0.5, 0.6) is 0 Å². The monoisotopic (exact) mass is 458 g/mol. The summed E-state index contributed by atoms with van der Waals surface area (Å²) in [6.07, 6.45) is 6.20. The Kier molecular flexibility index (Phi) is 6.30. The first kappa shape index (κ1) is 21.4. The molecule has 0 aromatic carbocycles. The summed E-state index contributed by atoms with van der Waals surface area (Å²) in [6.45, 7) is 2.04. The summed E-state index contributed by atoms with van der Waals surface area (Å²) in [6, 6.07) is 9.07. The van der Waals surface area contributed by atoms with Crippen molar-refractivity contribution in [2.24, 2.45) is 5.92 Å². The van der Waals surface area contributed by atoms with Crippen LogP contribution in [0.25, 0.3) is 12.2 Å². The van der Waals surface area contributed by atoms with Gasteiger partial charge in [0.25, 0.3) is 0 Å². The molecule has 0 radical (unpaired) electrons. The van der Waals surface area contributed by atoms with Crippen molar-refractivity contribution in [2.75, 3.05) is 18.4 Å². The molecule has 3 aromatic heterocycles. The molecule has 0 bridgehead atoms. The number of sulfonamides is 1. The number of thiophene rings is 1. The Morgan fingerprint density at radius 3 is 2.90 bits per heavy atom. The molecule has 1 amide bonds. The molecule has 0 spiro atoms. The molecule has 162 valence electrons. The van der Waals surface area contributed by atoms with E-state index in [0.29, 0.717) is 30.9 Å². The molecule has 1 fully saturated rings. The fourth-order valence-electron chi connectivity index (χ4n) is 3.51. The summed E-state index contributed by atoms with van der Waals surface area (Å²) in [5.41, 5.74) is 0.297. The van der Waals surface area contributed by atoms with Crippen LogP contribution in [0.1, 0.15) is 29.2 Å². The number of aryl methyl sites for hydroxylation is 1. The molecule has 0 aliphatic carbocycles. The van der Waals surface area contributed by atoms with Gasteiger partial charge in [-0.2, -0.15) is 4.31 Å². The zero-order valence-corrected chi connectivity index (χ0v) is 18.5. The van der Waals surface area contributed by atoms with Gasteiger partial charge < -0.3 is 9.84 Å². The number of rotatable bonds is 6. The highest BCUT2D eigenvalue weighted by atomic mass is 32.2. The third kappa shape index (κ3) is 4.76. The lowest BCUT2D eigenvalue weighted by atomic mass is 9.99. The van der Waals surface area contributed by atoms with Crippen LogP contribution < -0.4 is 5.32 Å². The van der Waals surface area contributed by atoms with Crippen LogP contribution in [0.2, 0.25) is 0 Å². The number of hydrogen-bond acceptors (Lipinski definition) is 7. The highest BCUT2D eigenvalue weighted by Gasteiger charge is 2.37. The minimum atomic E-state index is -3.88. The molecular weight excluding hydrogens is 436 g/mol. The Morgan fingerprint density at radius 1 is 1.29 bits per heavy atom. The first-order valence-corrected chi connectivity index (χ1v) is 12.2. The normalized spacial score (nSPS) is 17.8. The topological polar surface area (TPSA) is 105 Å². The van der Waals surface area contributed by atoms with Crippen molar-refractivity contribution in [3.8, 4) is 0 Å². The van der Waals surface area contributed by atoms with E-state index in [2.05, 4.69) is 15.5 Å². The van der Waals surface area contributed by atoms with Crippen LogP contribution in [0.3, 0.4) is 0 Å². The van der Waals surface area contributed by atoms with E-state index in [1.165, 1.54) is 15.6 Å². The zero-order valence-electron chi connectivity index (χ0n) is 16.9. The number of hydrogen-bond donors (Lipinski definition) is 1. The summed E-state index contributed by atoms with van der Waals surface area (Å²) < 4.78 is 33.5. The Balaban J connectivity index is 1.53. The Bertz CT molecular complexity index is 1170. The van der Waals surface area contributed by atoms with Crippen molar-refractivity contribution >= 4 is 45.2 Å². The lowest BCUT2D eigenvalue weighted by Crippen LogP contribution is -2.44. The molecule has 4 heterocycles. The van der Waals surface area contributed by atoms with E-state index < -0.39 is 15.9 Å². The highest BCUT2D eigenvalue weighted by Crippen LogP contribution is 2.30. The van der Waals surface area contributed by atoms with Crippen LogP contribution in [-0.2, 0) is 14.8 Å². The molecule has 1 aliphatic heterocycles. The Morgan fingerprint density at radius 2 is 2.16 bits per heavy atom. The molecule has 3 aromatic rings. The first-order valence-electron chi connectivity index (χ1n) is 9.85. The highest BCUT2D eigenvalue weighted by molar-refractivity contribution is 7.89. The van der Waals surface area contributed by atoms with Gasteiger partial charge >= 0.3 is 0 Å². The molecule has 0 saturated carbocycles. The van der Waals surface area contributed by atoms with E-state index >= 15 is 0 Å². The fourth-order valence-corrected chi connectivity index (χ4v) is 5.90. The Hall–Kier alpha value is -2.82. The van der Waals surface area contributed by atoms with Gasteiger partial charge in [0.1, 0.15) is 11.5 Å². The second-order valence-electron chi connectivity index (χ2n) is 7.22. The molecule has 1 N–H and O–H groups in total. The number of aromatic nitrogens is 2. The van der Waals surface area contributed by atoms with Gasteiger partial charge in [0.2, 0.25) is 15.9 Å². The van der Waals surface area contributed by atoms with Gasteiger partial charge in [-0.05, 0) is 55.5 Å². The molecule has 4 rings (SSSR count). The number of nitrogens with zero attached hydrogens (tertiary/aromatic N) is 3. The van der Waals surface area contributed by atoms with Crippen molar-refractivity contribution in [3.05, 3.63) is 58.2 Å². The van der Waals surface area contributed by atoms with Crippen molar-refractivity contribution in [3.63, 3.8) is 0 Å². The molecular formula is C21H22N4O4S2.